The smallest absolute Gasteiger partial charge is 0.0619 e. The van der Waals surface area contributed by atoms with Crippen molar-refractivity contribution in [2.45, 2.75) is 27.2 Å². The van der Waals surface area contributed by atoms with Gasteiger partial charge < -0.3 is 10.3 Å². The van der Waals surface area contributed by atoms with Gasteiger partial charge in [-0.15, -0.1) is 0 Å². The molecule has 0 radical (unpaired) electrons. The molecule has 1 aromatic heterocycles. The fourth-order valence-corrected chi connectivity index (χ4v) is 8.58. The number of nitrogens with zero attached hydrogens (tertiary/aromatic N) is 1. The molecule has 1 heterocycles. The number of aryl methyl sites for hydroxylation is 3. The Bertz CT molecular complexity index is 3290. The predicted octanol–water partition coefficient (Wildman–Crippen LogP) is 16.7. The van der Waals surface area contributed by atoms with Crippen LogP contribution in [0.5, 0.6) is 0 Å². The van der Waals surface area contributed by atoms with E-state index in [1.165, 1.54) is 88.3 Å². The van der Waals surface area contributed by atoms with E-state index in [0.717, 1.165) is 23.2 Å². The normalized spacial score (nSPS) is 10.9. The maximum Gasteiger partial charge on any atom is 0.0619 e. The fourth-order valence-electron chi connectivity index (χ4n) is 8.58. The van der Waals surface area contributed by atoms with E-state index in [1.54, 1.807) is 0 Å². The van der Waals surface area contributed by atoms with E-state index in [1.807, 2.05) is 24.3 Å². The highest BCUT2D eigenvalue weighted by Gasteiger charge is 2.17. The van der Waals surface area contributed by atoms with Gasteiger partial charge in [0.05, 0.1) is 11.0 Å². The number of nitrogen functional groups attached to an aromatic ring is 1. The van der Waals surface area contributed by atoms with Gasteiger partial charge in [0, 0.05) is 33.1 Å². The van der Waals surface area contributed by atoms with Crippen LogP contribution in [-0.4, -0.2) is 4.57 Å². The van der Waals surface area contributed by atoms with Crippen molar-refractivity contribution in [2.24, 2.45) is 0 Å². The number of aromatic nitrogens is 1. The van der Waals surface area contributed by atoms with Crippen molar-refractivity contribution in [1.29, 1.82) is 0 Å². The van der Waals surface area contributed by atoms with Crippen LogP contribution in [0, 0.1) is 13.8 Å². The molecule has 310 valence electrons. The van der Waals surface area contributed by atoms with Gasteiger partial charge in [-0.05, 0) is 107 Å². The lowest BCUT2D eigenvalue weighted by Crippen LogP contribution is -1.94. The van der Waals surface area contributed by atoms with Crippen molar-refractivity contribution < 1.29 is 0 Å². The molecule has 10 aromatic carbocycles. The zero-order chi connectivity index (χ0) is 43.8. The van der Waals surface area contributed by atoms with Crippen LogP contribution in [-0.2, 0) is 6.42 Å². The summed E-state index contributed by atoms with van der Waals surface area (Å²) in [5, 5.41) is 5.15. The highest BCUT2D eigenvalue weighted by Crippen LogP contribution is 2.41. The van der Waals surface area contributed by atoms with Gasteiger partial charge in [-0.1, -0.05) is 218 Å². The van der Waals surface area contributed by atoms with Gasteiger partial charge in [-0.25, -0.2) is 0 Å². The maximum atomic E-state index is 6.06. The Morgan fingerprint density at radius 2 is 0.859 bits per heavy atom. The zero-order valence-electron chi connectivity index (χ0n) is 36.7. The molecule has 64 heavy (non-hydrogen) atoms. The Morgan fingerprint density at radius 1 is 0.359 bits per heavy atom. The molecule has 0 saturated carbocycles. The standard InChI is InChI=1S/C29H21N.C19H17N.C14H14/c1-20-15-17-21(18-16-20)26-19-27-24-12-7-8-14-28(24)30(22-9-3-2-4-10-22)29(27)25-13-6-5-11-23(25)26;1-14-9-11-15(12-10-14)16-5-4-6-17(13-16)18-7-2-3-8-19(18)20;1-2-12-8-10-14(11-9-12)13-6-4-3-5-7-13/h2-19H,1H3;2-13H,20H2,1H3;3-11H,2H2,1H3. The third kappa shape index (κ3) is 8.86. The van der Waals surface area contributed by atoms with Crippen LogP contribution in [0.1, 0.15) is 23.6 Å². The minimum absolute atomic E-state index is 0.813. The van der Waals surface area contributed by atoms with Gasteiger partial charge in [-0.3, -0.25) is 0 Å². The number of anilines is 1. The predicted molar refractivity (Wildman–Crippen MR) is 276 cm³/mol. The van der Waals surface area contributed by atoms with E-state index in [2.05, 4.69) is 238 Å². The van der Waals surface area contributed by atoms with Crippen molar-refractivity contribution in [1.82, 2.24) is 4.57 Å². The van der Waals surface area contributed by atoms with E-state index < -0.39 is 0 Å². The van der Waals surface area contributed by atoms with Gasteiger partial charge in [0.1, 0.15) is 0 Å². The third-order valence-corrected chi connectivity index (χ3v) is 12.0. The van der Waals surface area contributed by atoms with E-state index in [9.17, 15) is 0 Å². The van der Waals surface area contributed by atoms with Crippen molar-refractivity contribution in [3.63, 3.8) is 0 Å². The minimum atomic E-state index is 0.813. The maximum absolute atomic E-state index is 6.06. The van der Waals surface area contributed by atoms with Gasteiger partial charge in [0.2, 0.25) is 0 Å². The molecular weight excluding hydrogens is 773 g/mol. The second kappa shape index (κ2) is 19.0. The summed E-state index contributed by atoms with van der Waals surface area (Å²) >= 11 is 0. The number of nitrogens with two attached hydrogens (primary N) is 1. The average molecular weight is 825 g/mol. The van der Waals surface area contributed by atoms with Crippen LogP contribution in [0.3, 0.4) is 0 Å². The SMILES string of the molecule is CCc1ccc(-c2ccccc2)cc1.Cc1ccc(-c2cc3c4ccccc4n(-c4ccccc4)c3c3ccccc23)cc1.Cc1ccc(-c2cccc(-c3ccccc3N)c2)cc1. The van der Waals surface area contributed by atoms with Crippen molar-refractivity contribution in [3.05, 3.63) is 253 Å². The quantitative estimate of drug-likeness (QED) is 0.166. The third-order valence-electron chi connectivity index (χ3n) is 12.0. The Morgan fingerprint density at radius 3 is 1.53 bits per heavy atom. The number of fused-ring (bicyclic) bond motifs is 5. The number of hydrogen-bond acceptors (Lipinski definition) is 1. The van der Waals surface area contributed by atoms with Crippen molar-refractivity contribution in [3.8, 4) is 50.2 Å². The second-order valence-electron chi connectivity index (χ2n) is 16.4. The molecule has 0 spiro atoms. The van der Waals surface area contributed by atoms with Gasteiger partial charge in [0.15, 0.2) is 0 Å². The van der Waals surface area contributed by atoms with E-state index in [0.29, 0.717) is 0 Å². The molecule has 2 heteroatoms. The molecule has 0 amide bonds. The molecular formula is C62H52N2. The number of benzene rings is 10. The Labute approximate surface area is 377 Å². The van der Waals surface area contributed by atoms with Gasteiger partial charge in [-0.2, -0.15) is 0 Å². The topological polar surface area (TPSA) is 30.9 Å². The zero-order valence-corrected chi connectivity index (χ0v) is 36.7. The first-order chi connectivity index (χ1) is 31.4. The first-order valence-corrected chi connectivity index (χ1v) is 22.2. The van der Waals surface area contributed by atoms with Gasteiger partial charge in [0.25, 0.3) is 0 Å². The lowest BCUT2D eigenvalue weighted by atomic mass is 9.95. The summed E-state index contributed by atoms with van der Waals surface area (Å²) in [5.74, 6) is 0. The van der Waals surface area contributed by atoms with Gasteiger partial charge >= 0.3 is 0 Å². The van der Waals surface area contributed by atoms with Crippen molar-refractivity contribution in [2.75, 3.05) is 5.73 Å². The van der Waals surface area contributed by atoms with E-state index in [-0.39, 0.29) is 0 Å². The number of rotatable bonds is 6. The molecule has 2 nitrogen and oxygen atoms in total. The number of para-hydroxylation sites is 3. The highest BCUT2D eigenvalue weighted by molar-refractivity contribution is 6.22. The molecule has 0 unspecified atom stereocenters. The monoisotopic (exact) mass is 824 g/mol. The Kier molecular flexibility index (Phi) is 12.3. The van der Waals surface area contributed by atoms with E-state index >= 15 is 0 Å². The first-order valence-electron chi connectivity index (χ1n) is 22.2. The first kappa shape index (κ1) is 41.4. The Balaban J connectivity index is 0.000000132. The largest absolute Gasteiger partial charge is 0.398 e. The molecule has 0 aliphatic carbocycles. The van der Waals surface area contributed by atoms with E-state index in [4.69, 9.17) is 5.73 Å². The Hall–Kier alpha value is -7.94. The van der Waals surface area contributed by atoms with Crippen LogP contribution >= 0.6 is 0 Å². The summed E-state index contributed by atoms with van der Waals surface area (Å²) in [7, 11) is 0. The molecule has 2 N–H and O–H groups in total. The summed E-state index contributed by atoms with van der Waals surface area (Å²) in [5.41, 5.74) is 24.3. The minimum Gasteiger partial charge on any atom is -0.398 e. The van der Waals surface area contributed by atoms with Crippen molar-refractivity contribution >= 4 is 38.3 Å². The van der Waals surface area contributed by atoms with Crippen LogP contribution in [0.4, 0.5) is 5.69 Å². The fraction of sp³-hybridized carbons (Fsp3) is 0.0645. The van der Waals surface area contributed by atoms with Crippen LogP contribution in [0.15, 0.2) is 237 Å². The molecule has 0 bridgehead atoms. The van der Waals surface area contributed by atoms with Crippen LogP contribution < -0.4 is 5.73 Å². The molecule has 0 aliphatic heterocycles. The number of hydrogen-bond donors (Lipinski definition) is 1. The summed E-state index contributed by atoms with van der Waals surface area (Å²) in [4.78, 5) is 0. The van der Waals surface area contributed by atoms with Crippen LogP contribution in [0.2, 0.25) is 0 Å². The molecule has 0 fully saturated rings. The summed E-state index contributed by atoms with van der Waals surface area (Å²) in [6, 6.07) is 83.7. The molecule has 0 saturated heterocycles. The lowest BCUT2D eigenvalue weighted by Gasteiger charge is -2.13. The molecule has 11 aromatic rings. The highest BCUT2D eigenvalue weighted by atomic mass is 15.0. The molecule has 11 rings (SSSR count). The summed E-state index contributed by atoms with van der Waals surface area (Å²) in [6.07, 6.45) is 1.11. The lowest BCUT2D eigenvalue weighted by molar-refractivity contribution is 1.14. The summed E-state index contributed by atoms with van der Waals surface area (Å²) < 4.78 is 2.41. The molecule has 0 aliphatic rings. The summed E-state index contributed by atoms with van der Waals surface area (Å²) in [6.45, 7) is 6.42. The van der Waals surface area contributed by atoms with Crippen LogP contribution in [0.25, 0.3) is 82.8 Å². The second-order valence-corrected chi connectivity index (χ2v) is 16.4. The average Bonchev–Trinajstić information content (AvgIpc) is 3.70. The molecule has 0 atom stereocenters.